The van der Waals surface area contributed by atoms with Crippen molar-refractivity contribution in [1.29, 1.82) is 0 Å². The number of aromatic amines is 1. The van der Waals surface area contributed by atoms with E-state index in [0.29, 0.717) is 29.4 Å². The maximum atomic E-state index is 12.8. The Morgan fingerprint density at radius 2 is 2.06 bits per heavy atom. The number of aromatic nitrogens is 5. The van der Waals surface area contributed by atoms with E-state index in [4.69, 9.17) is 0 Å². The second-order valence-corrected chi connectivity index (χ2v) is 8.76. The quantitative estimate of drug-likeness (QED) is 0.485. The number of aliphatic hydroxyl groups is 1. The summed E-state index contributed by atoms with van der Waals surface area (Å²) in [6, 6.07) is 2.09. The van der Waals surface area contributed by atoms with E-state index in [2.05, 4.69) is 29.4 Å². The number of likely N-dealkylation sites (tertiary alicyclic amines) is 1. The minimum Gasteiger partial charge on any atom is -0.385 e. The fraction of sp³-hybridized carbons (Fsp3) is 0.450. The van der Waals surface area contributed by atoms with Crippen molar-refractivity contribution in [3.63, 3.8) is 0 Å². The second-order valence-electron chi connectivity index (χ2n) is 7.90. The van der Waals surface area contributed by atoms with Gasteiger partial charge in [0.25, 0.3) is 0 Å². The lowest BCUT2D eigenvalue weighted by Gasteiger charge is -2.33. The molecule has 7 nitrogen and oxygen atoms in total. The molecule has 0 spiro atoms. The van der Waals surface area contributed by atoms with Crippen LogP contribution in [0.1, 0.15) is 48.4 Å². The van der Waals surface area contributed by atoms with Crippen LogP contribution in [-0.4, -0.2) is 47.6 Å². The molecule has 1 unspecified atom stereocenters. The van der Waals surface area contributed by atoms with Gasteiger partial charge in [-0.2, -0.15) is 13.2 Å². The summed E-state index contributed by atoms with van der Waals surface area (Å²) in [6.07, 6.45) is 0.0312. The van der Waals surface area contributed by atoms with Crippen LogP contribution in [0.2, 0.25) is 0 Å². The molecule has 164 valence electrons. The number of fused-ring (bicyclic) bond motifs is 3. The molecule has 11 heteroatoms. The van der Waals surface area contributed by atoms with Crippen LogP contribution in [0, 0.1) is 0 Å². The van der Waals surface area contributed by atoms with Crippen molar-refractivity contribution in [1.82, 2.24) is 29.4 Å². The summed E-state index contributed by atoms with van der Waals surface area (Å²) in [6.45, 7) is 3.56. The van der Waals surface area contributed by atoms with Crippen LogP contribution in [0.15, 0.2) is 23.8 Å². The molecule has 2 N–H and O–H groups in total. The van der Waals surface area contributed by atoms with Gasteiger partial charge in [-0.15, -0.1) is 11.3 Å². The molecule has 5 rings (SSSR count). The Labute approximate surface area is 179 Å². The van der Waals surface area contributed by atoms with Gasteiger partial charge in [-0.1, -0.05) is 0 Å². The molecular formula is C20H21F3N6OS. The third-order valence-electron chi connectivity index (χ3n) is 5.74. The van der Waals surface area contributed by atoms with Crippen LogP contribution in [0.3, 0.4) is 0 Å². The van der Waals surface area contributed by atoms with Gasteiger partial charge in [-0.05, 0) is 25.8 Å². The smallest absolute Gasteiger partial charge is 0.385 e. The number of H-pyrrole nitrogens is 1. The number of aliphatic hydroxyl groups excluding tert-OH is 1. The Morgan fingerprint density at radius 3 is 2.74 bits per heavy atom. The van der Waals surface area contributed by atoms with Gasteiger partial charge in [0.05, 0.1) is 17.4 Å². The topological polar surface area (TPSA) is 82.9 Å². The molecule has 0 aliphatic carbocycles. The van der Waals surface area contributed by atoms with Crippen LogP contribution in [-0.2, 0) is 12.7 Å². The first-order valence-corrected chi connectivity index (χ1v) is 10.9. The SMILES string of the molecule is CC(O)c1nc2cnc3[nH]ccc3c2n1C1CCN(Cc2csc(C(F)(F)F)n2)CC1. The summed E-state index contributed by atoms with van der Waals surface area (Å²) >= 11 is 0.640. The average Bonchev–Trinajstić information content (AvgIpc) is 3.45. The lowest BCUT2D eigenvalue weighted by atomic mass is 10.0. The Kier molecular flexibility index (Phi) is 4.98. The molecule has 4 aromatic rings. The highest BCUT2D eigenvalue weighted by atomic mass is 32.1. The summed E-state index contributed by atoms with van der Waals surface area (Å²) in [7, 11) is 0. The summed E-state index contributed by atoms with van der Waals surface area (Å²) in [5.41, 5.74) is 2.92. The molecule has 5 heterocycles. The van der Waals surface area contributed by atoms with E-state index >= 15 is 0 Å². The Bertz CT molecular complexity index is 1220. The molecule has 0 bridgehead atoms. The largest absolute Gasteiger partial charge is 0.443 e. The predicted octanol–water partition coefficient (Wildman–Crippen LogP) is 4.28. The molecular weight excluding hydrogens is 429 g/mol. The summed E-state index contributed by atoms with van der Waals surface area (Å²) in [5, 5.41) is 12.0. The maximum Gasteiger partial charge on any atom is 0.443 e. The number of nitrogens with zero attached hydrogens (tertiary/aromatic N) is 5. The number of nitrogens with one attached hydrogen (secondary N) is 1. The van der Waals surface area contributed by atoms with Gasteiger partial charge in [0.15, 0.2) is 5.01 Å². The molecule has 1 aliphatic rings. The minimum atomic E-state index is -4.39. The zero-order chi connectivity index (χ0) is 21.8. The lowest BCUT2D eigenvalue weighted by Crippen LogP contribution is -2.34. The maximum absolute atomic E-state index is 12.8. The van der Waals surface area contributed by atoms with Gasteiger partial charge in [-0.3, -0.25) is 4.90 Å². The van der Waals surface area contributed by atoms with Crippen molar-refractivity contribution in [3.05, 3.63) is 40.4 Å². The van der Waals surface area contributed by atoms with Crippen LogP contribution in [0.4, 0.5) is 13.2 Å². The first kappa shape index (κ1) is 20.4. The summed E-state index contributed by atoms with van der Waals surface area (Å²) < 4.78 is 40.5. The highest BCUT2D eigenvalue weighted by Gasteiger charge is 2.35. The van der Waals surface area contributed by atoms with Crippen molar-refractivity contribution in [3.8, 4) is 0 Å². The molecule has 1 fully saturated rings. The first-order chi connectivity index (χ1) is 14.8. The van der Waals surface area contributed by atoms with Crippen molar-refractivity contribution in [2.45, 2.75) is 44.6 Å². The number of thiazole rings is 1. The molecule has 0 amide bonds. The summed E-state index contributed by atoms with van der Waals surface area (Å²) in [5.74, 6) is 0.610. The molecule has 0 saturated carbocycles. The molecule has 4 aromatic heterocycles. The first-order valence-electron chi connectivity index (χ1n) is 10.1. The van der Waals surface area contributed by atoms with E-state index in [1.165, 1.54) is 5.38 Å². The third kappa shape index (κ3) is 3.70. The molecule has 0 radical (unpaired) electrons. The van der Waals surface area contributed by atoms with E-state index in [-0.39, 0.29) is 6.04 Å². The minimum absolute atomic E-state index is 0.132. The molecule has 1 aliphatic heterocycles. The number of pyridine rings is 1. The van der Waals surface area contributed by atoms with Crippen LogP contribution < -0.4 is 0 Å². The normalized spacial score (nSPS) is 17.7. The Morgan fingerprint density at radius 1 is 1.29 bits per heavy atom. The number of rotatable bonds is 4. The number of alkyl halides is 3. The number of imidazole rings is 1. The standard InChI is InChI=1S/C20H21F3N6OS/c1-11(30)18-27-15-8-25-17-14(2-5-24-17)16(15)29(18)13-3-6-28(7-4-13)9-12-10-31-19(26-12)20(21,22)23/h2,5,8,10-11,13,30H,3-4,6-7,9H2,1H3,(H,24,25). The highest BCUT2D eigenvalue weighted by molar-refractivity contribution is 7.09. The van der Waals surface area contributed by atoms with Crippen molar-refractivity contribution in [2.75, 3.05) is 13.1 Å². The van der Waals surface area contributed by atoms with E-state index in [1.807, 2.05) is 12.3 Å². The van der Waals surface area contributed by atoms with Crippen molar-refractivity contribution < 1.29 is 18.3 Å². The monoisotopic (exact) mass is 450 g/mol. The van der Waals surface area contributed by atoms with Gasteiger partial charge in [-0.25, -0.2) is 15.0 Å². The van der Waals surface area contributed by atoms with Crippen molar-refractivity contribution in [2.24, 2.45) is 0 Å². The number of hydrogen-bond donors (Lipinski definition) is 2. The Hall–Kier alpha value is -2.50. The van der Waals surface area contributed by atoms with Crippen LogP contribution in [0.5, 0.6) is 0 Å². The summed E-state index contributed by atoms with van der Waals surface area (Å²) in [4.78, 5) is 18.0. The zero-order valence-electron chi connectivity index (χ0n) is 16.7. The van der Waals surface area contributed by atoms with Crippen LogP contribution in [0.25, 0.3) is 22.1 Å². The van der Waals surface area contributed by atoms with E-state index in [9.17, 15) is 18.3 Å². The molecule has 1 saturated heterocycles. The average molecular weight is 450 g/mol. The second kappa shape index (κ2) is 7.57. The van der Waals surface area contributed by atoms with E-state index in [0.717, 1.165) is 48.0 Å². The highest BCUT2D eigenvalue weighted by Crippen LogP contribution is 2.35. The predicted molar refractivity (Wildman–Crippen MR) is 111 cm³/mol. The Balaban J connectivity index is 1.38. The van der Waals surface area contributed by atoms with Gasteiger partial charge in [0.2, 0.25) is 0 Å². The molecule has 1 atom stereocenters. The zero-order valence-corrected chi connectivity index (χ0v) is 17.5. The fourth-order valence-electron chi connectivity index (χ4n) is 4.35. The van der Waals surface area contributed by atoms with Gasteiger partial charge in [0.1, 0.15) is 23.1 Å². The molecule has 31 heavy (non-hydrogen) atoms. The lowest BCUT2D eigenvalue weighted by molar-refractivity contribution is -0.137. The number of halogens is 3. The van der Waals surface area contributed by atoms with Crippen LogP contribution >= 0.6 is 11.3 Å². The van der Waals surface area contributed by atoms with E-state index in [1.54, 1.807) is 13.1 Å². The van der Waals surface area contributed by atoms with Crippen molar-refractivity contribution >= 4 is 33.4 Å². The number of piperidine rings is 1. The third-order valence-corrected chi connectivity index (χ3v) is 6.67. The molecule has 0 aromatic carbocycles. The number of hydrogen-bond acceptors (Lipinski definition) is 6. The van der Waals surface area contributed by atoms with Gasteiger partial charge < -0.3 is 14.7 Å². The van der Waals surface area contributed by atoms with Gasteiger partial charge >= 0.3 is 6.18 Å². The van der Waals surface area contributed by atoms with Gasteiger partial charge in [0, 0.05) is 42.6 Å². The fourth-order valence-corrected chi connectivity index (χ4v) is 5.03. The van der Waals surface area contributed by atoms with E-state index < -0.39 is 17.3 Å².